The van der Waals surface area contributed by atoms with E-state index in [0.29, 0.717) is 28.6 Å². The number of carbonyl (C=O) groups excluding carboxylic acids is 1. The number of halogens is 1. The summed E-state index contributed by atoms with van der Waals surface area (Å²) in [6.45, 7) is 0.580. The fraction of sp³-hybridized carbons (Fsp3) is 0.250. The zero-order valence-corrected chi connectivity index (χ0v) is 15.6. The van der Waals surface area contributed by atoms with Crippen molar-refractivity contribution in [2.75, 3.05) is 27.4 Å². The molecule has 0 aliphatic rings. The Morgan fingerprint density at radius 2 is 1.92 bits per heavy atom. The fourth-order valence-electron chi connectivity index (χ4n) is 2.50. The molecular weight excluding hydrogens is 354 g/mol. The Labute approximate surface area is 158 Å². The summed E-state index contributed by atoms with van der Waals surface area (Å²) in [5, 5.41) is 9.64. The average molecular weight is 376 g/mol. The number of carbonyl (C=O) groups is 1. The highest BCUT2D eigenvalue weighted by Crippen LogP contribution is 2.36. The molecule has 0 bridgehead atoms. The standard InChI is InChI=1S/C20H22ClNO4/c1-25-18-13-16(12-17(21)20(18)26-2)8-9-19(24)22(10-11-23)14-15-6-4-3-5-7-15/h3-9,12-13,23H,10-11,14H2,1-2H3/b9-8+. The molecule has 0 radical (unpaired) electrons. The number of benzene rings is 2. The van der Waals surface area contributed by atoms with Crippen molar-refractivity contribution in [2.45, 2.75) is 6.54 Å². The van der Waals surface area contributed by atoms with Gasteiger partial charge >= 0.3 is 0 Å². The fourth-order valence-corrected chi connectivity index (χ4v) is 2.79. The first-order valence-electron chi connectivity index (χ1n) is 8.12. The second-order valence-corrected chi connectivity index (χ2v) is 5.95. The Hall–Kier alpha value is -2.50. The van der Waals surface area contributed by atoms with E-state index in [2.05, 4.69) is 0 Å². The first-order chi connectivity index (χ1) is 12.6. The van der Waals surface area contributed by atoms with Crippen molar-refractivity contribution in [1.29, 1.82) is 0 Å². The molecule has 0 aromatic heterocycles. The first-order valence-corrected chi connectivity index (χ1v) is 8.50. The molecule has 0 saturated carbocycles. The predicted octanol–water partition coefficient (Wildman–Crippen LogP) is 3.39. The van der Waals surface area contributed by atoms with Crippen LogP contribution in [0.15, 0.2) is 48.5 Å². The van der Waals surface area contributed by atoms with Gasteiger partial charge in [-0.15, -0.1) is 0 Å². The van der Waals surface area contributed by atoms with Crippen LogP contribution in [0, 0.1) is 0 Å². The van der Waals surface area contributed by atoms with Crippen LogP contribution in [-0.4, -0.2) is 43.3 Å². The van der Waals surface area contributed by atoms with Crippen LogP contribution in [0.1, 0.15) is 11.1 Å². The average Bonchev–Trinajstić information content (AvgIpc) is 2.66. The van der Waals surface area contributed by atoms with E-state index in [1.165, 1.54) is 20.3 Å². The smallest absolute Gasteiger partial charge is 0.246 e. The number of aliphatic hydroxyl groups excluding tert-OH is 1. The quantitative estimate of drug-likeness (QED) is 0.718. The molecule has 138 valence electrons. The van der Waals surface area contributed by atoms with Gasteiger partial charge in [0.05, 0.1) is 25.8 Å². The minimum absolute atomic E-state index is 0.103. The van der Waals surface area contributed by atoms with E-state index in [0.717, 1.165) is 5.56 Å². The van der Waals surface area contributed by atoms with Crippen LogP contribution in [0.5, 0.6) is 11.5 Å². The number of hydrogen-bond donors (Lipinski definition) is 1. The molecular formula is C20H22ClNO4. The van der Waals surface area contributed by atoms with Crippen LogP contribution in [-0.2, 0) is 11.3 Å². The number of aliphatic hydroxyl groups is 1. The lowest BCUT2D eigenvalue weighted by atomic mass is 10.1. The first kappa shape index (κ1) is 19.8. The molecule has 0 fully saturated rings. The Balaban J connectivity index is 2.16. The third-order valence-corrected chi connectivity index (χ3v) is 4.05. The van der Waals surface area contributed by atoms with Crippen molar-refractivity contribution in [3.63, 3.8) is 0 Å². The van der Waals surface area contributed by atoms with E-state index in [1.54, 1.807) is 23.1 Å². The monoisotopic (exact) mass is 375 g/mol. The van der Waals surface area contributed by atoms with E-state index < -0.39 is 0 Å². The maximum absolute atomic E-state index is 12.5. The highest BCUT2D eigenvalue weighted by Gasteiger charge is 2.12. The summed E-state index contributed by atoms with van der Waals surface area (Å²) in [7, 11) is 3.04. The van der Waals surface area contributed by atoms with E-state index in [1.807, 2.05) is 30.3 Å². The molecule has 0 heterocycles. The van der Waals surface area contributed by atoms with Gasteiger partial charge in [-0.2, -0.15) is 0 Å². The van der Waals surface area contributed by atoms with Crippen molar-refractivity contribution in [3.8, 4) is 11.5 Å². The minimum Gasteiger partial charge on any atom is -0.493 e. The molecule has 1 N–H and O–H groups in total. The third-order valence-electron chi connectivity index (χ3n) is 3.77. The van der Waals surface area contributed by atoms with Crippen LogP contribution in [0.4, 0.5) is 0 Å². The second-order valence-electron chi connectivity index (χ2n) is 5.54. The number of rotatable bonds is 8. The Bertz CT molecular complexity index is 762. The molecule has 5 nitrogen and oxygen atoms in total. The van der Waals surface area contributed by atoms with Gasteiger partial charge in [-0.1, -0.05) is 41.9 Å². The largest absolute Gasteiger partial charge is 0.493 e. The number of methoxy groups -OCH3 is 2. The topological polar surface area (TPSA) is 59.0 Å². The summed E-state index contributed by atoms with van der Waals surface area (Å²) in [6.07, 6.45) is 3.11. The van der Waals surface area contributed by atoms with E-state index in [4.69, 9.17) is 21.1 Å². The summed E-state index contributed by atoms with van der Waals surface area (Å²) < 4.78 is 10.5. The number of ether oxygens (including phenoxy) is 2. The van der Waals surface area contributed by atoms with Crippen molar-refractivity contribution in [2.24, 2.45) is 0 Å². The van der Waals surface area contributed by atoms with E-state index in [-0.39, 0.29) is 19.1 Å². The SMILES string of the molecule is COc1cc(/C=C/C(=O)N(CCO)Cc2ccccc2)cc(Cl)c1OC. The summed E-state index contributed by atoms with van der Waals surface area (Å²) >= 11 is 6.18. The van der Waals surface area contributed by atoms with Gasteiger partial charge in [0.1, 0.15) is 0 Å². The predicted molar refractivity (Wildman–Crippen MR) is 103 cm³/mol. The summed E-state index contributed by atoms with van der Waals surface area (Å²) in [5.41, 5.74) is 1.71. The maximum atomic E-state index is 12.5. The normalized spacial score (nSPS) is 10.8. The Morgan fingerprint density at radius 1 is 1.19 bits per heavy atom. The van der Waals surface area contributed by atoms with Gasteiger partial charge in [0.2, 0.25) is 5.91 Å². The Morgan fingerprint density at radius 3 is 2.54 bits per heavy atom. The van der Waals surface area contributed by atoms with Gasteiger partial charge in [-0.25, -0.2) is 0 Å². The Kier molecular flexibility index (Phi) is 7.51. The summed E-state index contributed by atoms with van der Waals surface area (Å²) in [5.74, 6) is 0.737. The lowest BCUT2D eigenvalue weighted by Crippen LogP contribution is -2.31. The zero-order chi connectivity index (χ0) is 18.9. The van der Waals surface area contributed by atoms with Crippen LogP contribution in [0.25, 0.3) is 6.08 Å². The van der Waals surface area contributed by atoms with Crippen molar-refractivity contribution in [3.05, 3.63) is 64.7 Å². The number of amides is 1. The molecule has 2 aromatic rings. The van der Waals surface area contributed by atoms with Gasteiger partial charge < -0.3 is 19.5 Å². The molecule has 2 rings (SSSR count). The molecule has 0 aliphatic carbocycles. The molecule has 2 aromatic carbocycles. The van der Waals surface area contributed by atoms with E-state index >= 15 is 0 Å². The summed E-state index contributed by atoms with van der Waals surface area (Å²) in [4.78, 5) is 14.1. The van der Waals surface area contributed by atoms with Crippen LogP contribution in [0.2, 0.25) is 5.02 Å². The maximum Gasteiger partial charge on any atom is 0.246 e. The van der Waals surface area contributed by atoms with Crippen molar-refractivity contribution in [1.82, 2.24) is 4.90 Å². The van der Waals surface area contributed by atoms with Crippen molar-refractivity contribution >= 4 is 23.6 Å². The molecule has 26 heavy (non-hydrogen) atoms. The lowest BCUT2D eigenvalue weighted by Gasteiger charge is -2.20. The summed E-state index contributed by atoms with van der Waals surface area (Å²) in [6, 6.07) is 13.1. The highest BCUT2D eigenvalue weighted by atomic mass is 35.5. The molecule has 0 saturated heterocycles. The molecule has 0 spiro atoms. The van der Waals surface area contributed by atoms with Gasteiger partial charge in [0.15, 0.2) is 11.5 Å². The number of nitrogens with zero attached hydrogens (tertiary/aromatic N) is 1. The van der Waals surface area contributed by atoms with Gasteiger partial charge in [-0.3, -0.25) is 4.79 Å². The zero-order valence-electron chi connectivity index (χ0n) is 14.8. The van der Waals surface area contributed by atoms with Gasteiger partial charge in [0, 0.05) is 19.2 Å². The van der Waals surface area contributed by atoms with Crippen LogP contribution in [0.3, 0.4) is 0 Å². The van der Waals surface area contributed by atoms with Gasteiger partial charge in [-0.05, 0) is 29.3 Å². The highest BCUT2D eigenvalue weighted by molar-refractivity contribution is 6.32. The van der Waals surface area contributed by atoms with Crippen molar-refractivity contribution < 1.29 is 19.4 Å². The van der Waals surface area contributed by atoms with Crippen LogP contribution >= 0.6 is 11.6 Å². The molecule has 6 heteroatoms. The van der Waals surface area contributed by atoms with Crippen LogP contribution < -0.4 is 9.47 Å². The minimum atomic E-state index is -0.200. The second kappa shape index (κ2) is 9.85. The third kappa shape index (κ3) is 5.25. The molecule has 1 amide bonds. The number of hydrogen-bond acceptors (Lipinski definition) is 4. The van der Waals surface area contributed by atoms with Gasteiger partial charge in [0.25, 0.3) is 0 Å². The molecule has 0 unspecified atom stereocenters. The molecule has 0 aliphatic heterocycles. The lowest BCUT2D eigenvalue weighted by molar-refractivity contribution is -0.127. The molecule has 0 atom stereocenters. The van der Waals surface area contributed by atoms with E-state index in [9.17, 15) is 9.90 Å².